The van der Waals surface area contributed by atoms with Gasteiger partial charge in [0.15, 0.2) is 12.6 Å². The van der Waals surface area contributed by atoms with E-state index in [-0.39, 0.29) is 38.1 Å². The van der Waals surface area contributed by atoms with Gasteiger partial charge >= 0.3 is 5.97 Å². The monoisotopic (exact) mass is 791 g/mol. The molecular formula is C39H69NO15. The van der Waals surface area contributed by atoms with Crippen LogP contribution in [0.2, 0.25) is 0 Å². The highest BCUT2D eigenvalue weighted by Gasteiger charge is 2.48. The Morgan fingerprint density at radius 1 is 0.836 bits per heavy atom. The van der Waals surface area contributed by atoms with Gasteiger partial charge in [0.1, 0.15) is 42.6 Å². The topological polar surface area (TPSA) is 220 Å². The smallest absolute Gasteiger partial charge is 0.308 e. The van der Waals surface area contributed by atoms with Gasteiger partial charge < -0.3 is 68.4 Å². The summed E-state index contributed by atoms with van der Waals surface area (Å²) in [7, 11) is 6.31. The first-order valence-corrected chi connectivity index (χ1v) is 19.8. The molecular weight excluding hydrogens is 722 g/mol. The van der Waals surface area contributed by atoms with Crippen LogP contribution >= 0.6 is 0 Å². The van der Waals surface area contributed by atoms with E-state index in [4.69, 9.17) is 33.2 Å². The fourth-order valence-electron chi connectivity index (χ4n) is 8.38. The maximum atomic E-state index is 13.6. The molecule has 0 bridgehead atoms. The van der Waals surface area contributed by atoms with Crippen LogP contribution in [0.1, 0.15) is 80.1 Å². The number of hydrogen-bond acceptors (Lipinski definition) is 16. The Bertz CT molecular complexity index is 1190. The van der Waals surface area contributed by atoms with Gasteiger partial charge in [-0.05, 0) is 59.0 Å². The highest BCUT2D eigenvalue weighted by molar-refractivity contribution is 5.80. The second kappa shape index (κ2) is 21.9. The average molecular weight is 792 g/mol. The maximum Gasteiger partial charge on any atom is 0.308 e. The number of aliphatic hydroxyl groups excluding tert-OH is 5. The summed E-state index contributed by atoms with van der Waals surface area (Å²) in [5.74, 6) is -4.04. The number of rotatable bonds is 11. The molecule has 3 aliphatic rings. The lowest BCUT2D eigenvalue weighted by Gasteiger charge is -2.46. The van der Waals surface area contributed by atoms with E-state index in [1.54, 1.807) is 60.5 Å². The molecule has 3 heterocycles. The van der Waals surface area contributed by atoms with Gasteiger partial charge in [0.25, 0.3) is 0 Å². The van der Waals surface area contributed by atoms with Crippen molar-refractivity contribution in [1.29, 1.82) is 0 Å². The number of aldehydes is 1. The SMILES string of the molecule is CC[C@H]1OC(=O)C[C@@H](O)[C@H](C)[C@@H](O[C@@H]2O[C@H](C)[C@@H](O)[C@H](N(C)C)[C@H]2O)[C@@H](CC=O)C[C@@H](C)C(=O)CCC(C)[C@H](O)[C@@H]1CO[C@@H]1O[C@H](C)[C@@H](O)[C@@H](OC)[C@H]1OC. The Morgan fingerprint density at radius 3 is 2.04 bits per heavy atom. The molecule has 16 nitrogen and oxygen atoms in total. The minimum atomic E-state index is -1.35. The first-order chi connectivity index (χ1) is 25.9. The van der Waals surface area contributed by atoms with Crippen molar-refractivity contribution in [2.45, 2.75) is 166 Å². The lowest BCUT2D eigenvalue weighted by molar-refractivity contribution is -0.306. The molecule has 3 rings (SSSR count). The number of esters is 1. The van der Waals surface area contributed by atoms with E-state index in [1.807, 2.05) is 0 Å². The zero-order chi connectivity index (χ0) is 41.3. The van der Waals surface area contributed by atoms with Crippen LogP contribution in [0.5, 0.6) is 0 Å². The van der Waals surface area contributed by atoms with E-state index in [0.29, 0.717) is 6.42 Å². The van der Waals surface area contributed by atoms with Crippen LogP contribution in [0.3, 0.4) is 0 Å². The Labute approximate surface area is 326 Å². The molecule has 3 aliphatic heterocycles. The molecule has 19 atom stereocenters. The Hall–Kier alpha value is -1.67. The van der Waals surface area contributed by atoms with Crippen LogP contribution in [0, 0.1) is 29.6 Å². The van der Waals surface area contributed by atoms with Crippen LogP contribution in [0.4, 0.5) is 0 Å². The van der Waals surface area contributed by atoms with Gasteiger partial charge in [0.2, 0.25) is 0 Å². The molecule has 16 heteroatoms. The summed E-state index contributed by atoms with van der Waals surface area (Å²) in [6, 6.07) is -0.748. The van der Waals surface area contributed by atoms with Crippen molar-refractivity contribution in [2.75, 3.05) is 34.9 Å². The summed E-state index contributed by atoms with van der Waals surface area (Å²) >= 11 is 0. The number of ketones is 1. The Kier molecular flexibility index (Phi) is 19.0. The fourth-order valence-corrected chi connectivity index (χ4v) is 8.38. The predicted octanol–water partition coefficient (Wildman–Crippen LogP) is 0.837. The van der Waals surface area contributed by atoms with Crippen LogP contribution in [-0.4, -0.2) is 169 Å². The largest absolute Gasteiger partial charge is 0.462 e. The molecule has 5 N–H and O–H groups in total. The molecule has 0 saturated carbocycles. The Morgan fingerprint density at radius 2 is 1.45 bits per heavy atom. The normalized spacial score (nSPS) is 44.6. The quantitative estimate of drug-likeness (QED) is 0.145. The summed E-state index contributed by atoms with van der Waals surface area (Å²) in [5, 5.41) is 56.1. The zero-order valence-electron chi connectivity index (χ0n) is 34.3. The summed E-state index contributed by atoms with van der Waals surface area (Å²) in [6.07, 6.45) is -11.7. The van der Waals surface area contributed by atoms with Crippen LogP contribution in [0.15, 0.2) is 0 Å². The number of likely N-dealkylation sites (N-methyl/N-ethyl adjacent to an activating group) is 1. The first kappa shape index (κ1) is 47.7. The second-order valence-corrected chi connectivity index (χ2v) is 16.2. The van der Waals surface area contributed by atoms with Crippen molar-refractivity contribution in [2.24, 2.45) is 29.6 Å². The molecule has 1 unspecified atom stereocenters. The van der Waals surface area contributed by atoms with Crippen molar-refractivity contribution in [3.05, 3.63) is 0 Å². The standard InChI is InChI=1S/C39H69NO15/c1-11-28-25(18-51-39-37(50-10)36(49-9)33(47)23(6)53-39)31(45)19(2)12-13-26(42)20(3)16-24(14-15-41)35(21(4)27(43)17-29(44)54-28)55-38-34(48)30(40(7)8)32(46)22(5)52-38/h15,19-25,27-28,30-39,43,45-48H,11-14,16-18H2,1-10H3/t19?,20-,21+,22-,23-,24+,25-,27-,28-,30+,31+,32-,33-,34-,35-,36-,37-,38+,39-/m1/s1. The molecule has 0 radical (unpaired) electrons. The lowest BCUT2D eigenvalue weighted by Crippen LogP contribution is -2.63. The van der Waals surface area contributed by atoms with Gasteiger partial charge in [-0.15, -0.1) is 0 Å². The third-order valence-corrected chi connectivity index (χ3v) is 12.1. The number of aliphatic hydroxyl groups is 5. The Balaban J connectivity index is 1.95. The molecule has 0 aromatic carbocycles. The lowest BCUT2D eigenvalue weighted by atomic mass is 9.78. The number of ether oxygens (including phenoxy) is 7. The van der Waals surface area contributed by atoms with E-state index in [2.05, 4.69) is 0 Å². The van der Waals surface area contributed by atoms with Crippen LogP contribution in [0.25, 0.3) is 0 Å². The first-order valence-electron chi connectivity index (χ1n) is 19.8. The van der Waals surface area contributed by atoms with E-state index in [0.717, 1.165) is 6.29 Å². The summed E-state index contributed by atoms with van der Waals surface area (Å²) in [6.45, 7) is 10.2. The minimum absolute atomic E-state index is 0.0336. The van der Waals surface area contributed by atoms with Crippen molar-refractivity contribution < 1.29 is 73.1 Å². The van der Waals surface area contributed by atoms with E-state index in [9.17, 15) is 39.9 Å². The fraction of sp³-hybridized carbons (Fsp3) is 0.923. The van der Waals surface area contributed by atoms with E-state index < -0.39 is 128 Å². The van der Waals surface area contributed by atoms with E-state index in [1.165, 1.54) is 14.2 Å². The van der Waals surface area contributed by atoms with Crippen LogP contribution < -0.4 is 0 Å². The molecule has 0 spiro atoms. The highest BCUT2D eigenvalue weighted by Crippen LogP contribution is 2.36. The van der Waals surface area contributed by atoms with Crippen molar-refractivity contribution in [1.82, 2.24) is 4.90 Å². The molecule has 3 saturated heterocycles. The number of carbonyl (C=O) groups is 3. The van der Waals surface area contributed by atoms with Gasteiger partial charge in [-0.25, -0.2) is 0 Å². The van der Waals surface area contributed by atoms with Crippen molar-refractivity contribution >= 4 is 18.0 Å². The van der Waals surface area contributed by atoms with Crippen molar-refractivity contribution in [3.8, 4) is 0 Å². The van der Waals surface area contributed by atoms with Gasteiger partial charge in [-0.3, -0.25) is 9.59 Å². The molecule has 55 heavy (non-hydrogen) atoms. The van der Waals surface area contributed by atoms with Gasteiger partial charge in [-0.1, -0.05) is 27.7 Å². The average Bonchev–Trinajstić information content (AvgIpc) is 3.13. The number of hydrogen-bond donors (Lipinski definition) is 5. The molecule has 0 aliphatic carbocycles. The predicted molar refractivity (Wildman–Crippen MR) is 197 cm³/mol. The second-order valence-electron chi connectivity index (χ2n) is 16.2. The number of Topliss-reactive ketones (excluding diaryl/α,β-unsaturated/α-hetero) is 1. The summed E-state index contributed by atoms with van der Waals surface area (Å²) in [4.78, 5) is 41.0. The third-order valence-electron chi connectivity index (χ3n) is 12.1. The molecule has 0 amide bonds. The number of carbonyl (C=O) groups excluding carboxylic acids is 3. The number of cyclic esters (lactones) is 1. The van der Waals surface area contributed by atoms with Crippen molar-refractivity contribution in [3.63, 3.8) is 0 Å². The molecule has 320 valence electrons. The molecule has 3 fully saturated rings. The summed E-state index contributed by atoms with van der Waals surface area (Å²) < 4.78 is 41.6. The maximum absolute atomic E-state index is 13.6. The number of nitrogens with zero attached hydrogens (tertiary/aromatic N) is 1. The highest BCUT2D eigenvalue weighted by atomic mass is 16.7. The molecule has 0 aromatic rings. The van der Waals surface area contributed by atoms with Gasteiger partial charge in [-0.2, -0.15) is 0 Å². The van der Waals surface area contributed by atoms with Gasteiger partial charge in [0.05, 0.1) is 55.7 Å². The summed E-state index contributed by atoms with van der Waals surface area (Å²) in [5.41, 5.74) is 0. The third kappa shape index (κ3) is 11.9. The molecule has 0 aromatic heterocycles. The van der Waals surface area contributed by atoms with Gasteiger partial charge in [0, 0.05) is 44.8 Å². The zero-order valence-corrected chi connectivity index (χ0v) is 34.3. The van der Waals surface area contributed by atoms with Crippen LogP contribution in [-0.2, 0) is 47.5 Å². The minimum Gasteiger partial charge on any atom is -0.462 e. The number of methoxy groups -OCH3 is 2. The van der Waals surface area contributed by atoms with E-state index >= 15 is 0 Å².